The summed E-state index contributed by atoms with van der Waals surface area (Å²) >= 11 is 0. The molecule has 1 aromatic heterocycles. The summed E-state index contributed by atoms with van der Waals surface area (Å²) in [5.41, 5.74) is 3.60. The van der Waals surface area contributed by atoms with E-state index in [2.05, 4.69) is 4.68 Å². The topological polar surface area (TPSA) is 64.3 Å². The monoisotopic (exact) mass is 480 g/mol. The molecule has 2 aliphatic rings. The molecule has 2 aromatic carbocycles. The number of aliphatic carboxylic acids is 1. The number of carboxylic acid groups (broad SMARTS) is 1. The quantitative estimate of drug-likeness (QED) is 0.391. The van der Waals surface area contributed by atoms with E-state index >= 15 is 4.39 Å². The number of ether oxygens (including phenoxy) is 1. The highest BCUT2D eigenvalue weighted by Crippen LogP contribution is 2.48. The number of aromatic nitrogens is 2. The Hall–Kier alpha value is -3.06. The van der Waals surface area contributed by atoms with Gasteiger partial charge in [0.25, 0.3) is 0 Å². The van der Waals surface area contributed by atoms with Crippen LogP contribution < -0.4 is 0 Å². The summed E-state index contributed by atoms with van der Waals surface area (Å²) in [7, 11) is 0. The molecule has 0 bridgehead atoms. The zero-order chi connectivity index (χ0) is 24.4. The number of halogens is 2. The second-order valence-corrected chi connectivity index (χ2v) is 9.83. The Bertz CT molecular complexity index is 1180. The Kier molecular flexibility index (Phi) is 6.95. The summed E-state index contributed by atoms with van der Waals surface area (Å²) in [4.78, 5) is 10.7. The molecule has 2 saturated carbocycles. The average Bonchev–Trinajstić information content (AvgIpc) is 3.63. The molecule has 0 radical (unpaired) electrons. The molecule has 0 saturated heterocycles. The molecule has 1 heterocycles. The Balaban J connectivity index is 1.44. The third-order valence-corrected chi connectivity index (χ3v) is 7.20. The van der Waals surface area contributed by atoms with Crippen LogP contribution in [0.1, 0.15) is 50.1 Å². The van der Waals surface area contributed by atoms with Crippen molar-refractivity contribution in [3.8, 4) is 22.4 Å². The molecule has 0 amide bonds. The van der Waals surface area contributed by atoms with Crippen LogP contribution in [0.2, 0.25) is 0 Å². The molecular formula is C28H30F2N2O3. The first kappa shape index (κ1) is 23.7. The van der Waals surface area contributed by atoms with Crippen LogP contribution in [-0.4, -0.2) is 34.1 Å². The second-order valence-electron chi connectivity index (χ2n) is 9.83. The predicted molar refractivity (Wildman–Crippen MR) is 129 cm³/mol. The third kappa shape index (κ3) is 5.30. The lowest BCUT2D eigenvalue weighted by Gasteiger charge is -2.28. The number of rotatable bonds is 9. The van der Waals surface area contributed by atoms with Crippen LogP contribution in [0.3, 0.4) is 0 Å². The van der Waals surface area contributed by atoms with Gasteiger partial charge in [0.05, 0.1) is 12.3 Å². The second kappa shape index (κ2) is 10.3. The third-order valence-electron chi connectivity index (χ3n) is 7.20. The van der Waals surface area contributed by atoms with E-state index in [1.165, 1.54) is 0 Å². The Labute approximate surface area is 203 Å². The molecule has 0 spiro atoms. The van der Waals surface area contributed by atoms with Crippen LogP contribution >= 0.6 is 0 Å². The van der Waals surface area contributed by atoms with Gasteiger partial charge in [0, 0.05) is 29.2 Å². The van der Waals surface area contributed by atoms with Crippen LogP contribution in [0.15, 0.2) is 48.5 Å². The van der Waals surface area contributed by atoms with E-state index in [4.69, 9.17) is 14.9 Å². The van der Waals surface area contributed by atoms with Gasteiger partial charge in [-0.05, 0) is 56.4 Å². The average molecular weight is 481 g/mol. The van der Waals surface area contributed by atoms with Crippen molar-refractivity contribution in [1.29, 1.82) is 0 Å². The maximum absolute atomic E-state index is 15.0. The van der Waals surface area contributed by atoms with Gasteiger partial charge in [0.1, 0.15) is 12.3 Å². The molecule has 3 aromatic rings. The SMILES string of the molecule is O=C(O)COC[C@H]1CC[C@H](Cn2nc(-c3ccccc3)c(-c3cccc(F)c3F)c2C2CC2)CC1. The van der Waals surface area contributed by atoms with Crippen molar-refractivity contribution < 1.29 is 23.4 Å². The zero-order valence-electron chi connectivity index (χ0n) is 19.6. The molecular weight excluding hydrogens is 450 g/mol. The van der Waals surface area contributed by atoms with Crippen molar-refractivity contribution in [2.45, 2.75) is 51.0 Å². The van der Waals surface area contributed by atoms with Gasteiger partial charge in [0.15, 0.2) is 11.6 Å². The number of carboxylic acids is 1. The highest BCUT2D eigenvalue weighted by Gasteiger charge is 2.35. The van der Waals surface area contributed by atoms with Crippen molar-refractivity contribution in [3.63, 3.8) is 0 Å². The minimum Gasteiger partial charge on any atom is -0.480 e. The number of hydrogen-bond donors (Lipinski definition) is 1. The van der Waals surface area contributed by atoms with Crippen molar-refractivity contribution in [1.82, 2.24) is 9.78 Å². The van der Waals surface area contributed by atoms with Gasteiger partial charge in [-0.15, -0.1) is 0 Å². The van der Waals surface area contributed by atoms with Crippen molar-refractivity contribution in [2.24, 2.45) is 11.8 Å². The van der Waals surface area contributed by atoms with Gasteiger partial charge in [-0.1, -0.05) is 42.5 Å². The molecule has 0 aliphatic heterocycles. The summed E-state index contributed by atoms with van der Waals surface area (Å²) in [6.07, 6.45) is 6.04. The molecule has 2 aliphatic carbocycles. The molecule has 0 atom stereocenters. The van der Waals surface area contributed by atoms with E-state index in [-0.39, 0.29) is 12.2 Å². The fraction of sp³-hybridized carbons (Fsp3) is 0.429. The van der Waals surface area contributed by atoms with E-state index in [1.807, 2.05) is 30.3 Å². The summed E-state index contributed by atoms with van der Waals surface area (Å²) < 4.78 is 36.7. The summed E-state index contributed by atoms with van der Waals surface area (Å²) in [5, 5.41) is 13.8. The molecule has 1 N–H and O–H groups in total. The molecule has 7 heteroatoms. The van der Waals surface area contributed by atoms with Gasteiger partial charge in [-0.25, -0.2) is 13.6 Å². The van der Waals surface area contributed by atoms with Crippen LogP contribution in [0.5, 0.6) is 0 Å². The minimum absolute atomic E-state index is 0.250. The number of benzene rings is 2. The van der Waals surface area contributed by atoms with E-state index in [0.29, 0.717) is 35.6 Å². The number of nitrogens with zero attached hydrogens (tertiary/aromatic N) is 2. The van der Waals surface area contributed by atoms with Crippen LogP contribution in [-0.2, 0) is 16.1 Å². The smallest absolute Gasteiger partial charge is 0.329 e. The lowest BCUT2D eigenvalue weighted by molar-refractivity contribution is -0.142. The number of hydrogen-bond acceptors (Lipinski definition) is 3. The normalized spacial score (nSPS) is 20.2. The zero-order valence-corrected chi connectivity index (χ0v) is 19.6. The maximum atomic E-state index is 15.0. The van der Waals surface area contributed by atoms with Gasteiger partial charge >= 0.3 is 5.97 Å². The van der Waals surface area contributed by atoms with E-state index in [1.54, 1.807) is 12.1 Å². The molecule has 35 heavy (non-hydrogen) atoms. The van der Waals surface area contributed by atoms with Gasteiger partial charge in [-0.2, -0.15) is 5.10 Å². The molecule has 184 valence electrons. The molecule has 5 rings (SSSR count). The van der Waals surface area contributed by atoms with Gasteiger partial charge < -0.3 is 9.84 Å². The Morgan fingerprint density at radius 1 is 0.971 bits per heavy atom. The number of carbonyl (C=O) groups is 1. The Morgan fingerprint density at radius 3 is 2.37 bits per heavy atom. The van der Waals surface area contributed by atoms with E-state index in [0.717, 1.165) is 62.4 Å². The highest BCUT2D eigenvalue weighted by atomic mass is 19.2. The fourth-order valence-electron chi connectivity index (χ4n) is 5.28. The lowest BCUT2D eigenvalue weighted by Crippen LogP contribution is -2.23. The standard InChI is InChI=1S/C28H30F2N2O3/c29-23-8-4-7-22(26(23)30)25-27(20-5-2-1-3-6-20)31-32(28(25)21-13-14-21)15-18-9-11-19(12-10-18)16-35-17-24(33)34/h1-8,18-19,21H,9-17H2,(H,33,34)/t18-,19-. The lowest BCUT2D eigenvalue weighted by atomic mass is 9.82. The summed E-state index contributed by atoms with van der Waals surface area (Å²) in [6, 6.07) is 14.1. The van der Waals surface area contributed by atoms with Crippen LogP contribution in [0, 0.1) is 23.5 Å². The molecule has 5 nitrogen and oxygen atoms in total. The fourth-order valence-corrected chi connectivity index (χ4v) is 5.28. The first-order valence-electron chi connectivity index (χ1n) is 12.4. The Morgan fingerprint density at radius 2 is 1.69 bits per heavy atom. The van der Waals surface area contributed by atoms with Crippen molar-refractivity contribution in [3.05, 3.63) is 65.9 Å². The summed E-state index contributed by atoms with van der Waals surface area (Å²) in [5.74, 6) is -1.50. The van der Waals surface area contributed by atoms with Gasteiger partial charge in [0.2, 0.25) is 0 Å². The highest BCUT2D eigenvalue weighted by molar-refractivity contribution is 5.83. The molecule has 0 unspecified atom stereocenters. The van der Waals surface area contributed by atoms with E-state index in [9.17, 15) is 9.18 Å². The maximum Gasteiger partial charge on any atom is 0.329 e. The first-order valence-corrected chi connectivity index (χ1v) is 12.4. The predicted octanol–water partition coefficient (Wildman–Crippen LogP) is 6.28. The van der Waals surface area contributed by atoms with Crippen molar-refractivity contribution in [2.75, 3.05) is 13.2 Å². The summed E-state index contributed by atoms with van der Waals surface area (Å²) in [6.45, 7) is 0.972. The largest absolute Gasteiger partial charge is 0.480 e. The van der Waals surface area contributed by atoms with Crippen LogP contribution in [0.4, 0.5) is 8.78 Å². The van der Waals surface area contributed by atoms with E-state index < -0.39 is 17.6 Å². The van der Waals surface area contributed by atoms with Crippen LogP contribution in [0.25, 0.3) is 22.4 Å². The van der Waals surface area contributed by atoms with Crippen molar-refractivity contribution >= 4 is 5.97 Å². The molecule has 2 fully saturated rings. The first-order chi connectivity index (χ1) is 17.0. The minimum atomic E-state index is -0.940. The van der Waals surface area contributed by atoms with Gasteiger partial charge in [-0.3, -0.25) is 4.68 Å².